The third kappa shape index (κ3) is 1.24. The fourth-order valence-electron chi connectivity index (χ4n) is 1.66. The van der Waals surface area contributed by atoms with Gasteiger partial charge in [-0.25, -0.2) is 0 Å². The Hall–Kier alpha value is -1.19. The highest BCUT2D eigenvalue weighted by atomic mass is 15.4. The summed E-state index contributed by atoms with van der Waals surface area (Å²) in [5.41, 5.74) is 0. The molecule has 1 unspecified atom stereocenters. The van der Waals surface area contributed by atoms with E-state index in [-0.39, 0.29) is 0 Å². The molecule has 0 amide bonds. The maximum Gasteiger partial charge on any atom is 0.154 e. The molecule has 1 aliphatic heterocycles. The van der Waals surface area contributed by atoms with Gasteiger partial charge in [0.15, 0.2) is 5.82 Å². The first kappa shape index (κ1) is 7.46. The lowest BCUT2D eigenvalue weighted by molar-refractivity contribution is 0.711. The lowest BCUT2D eigenvalue weighted by atomic mass is 10.2. The molecule has 1 aliphatic rings. The van der Waals surface area contributed by atoms with Crippen LogP contribution in [0.4, 0.5) is 5.82 Å². The Labute approximate surface area is 71.6 Å². The van der Waals surface area contributed by atoms with Crippen molar-refractivity contribution in [1.82, 2.24) is 15.4 Å². The zero-order valence-electron chi connectivity index (χ0n) is 7.14. The monoisotopic (exact) mass is 164 g/mol. The normalized spacial score (nSPS) is 23.1. The molecule has 2 heterocycles. The highest BCUT2D eigenvalue weighted by Gasteiger charge is 2.21. The average molecular weight is 164 g/mol. The van der Waals surface area contributed by atoms with Crippen LogP contribution >= 0.6 is 0 Å². The van der Waals surface area contributed by atoms with Crippen LogP contribution < -0.4 is 4.90 Å². The van der Waals surface area contributed by atoms with Crippen molar-refractivity contribution in [2.75, 3.05) is 11.4 Å². The molecule has 1 aromatic heterocycles. The molecule has 64 valence electrons. The second-order valence-electron chi connectivity index (χ2n) is 3.16. The van der Waals surface area contributed by atoms with E-state index >= 15 is 0 Å². The van der Waals surface area contributed by atoms with Crippen LogP contribution in [0.5, 0.6) is 0 Å². The Kier molecular flexibility index (Phi) is 1.89. The van der Waals surface area contributed by atoms with Gasteiger partial charge in [0, 0.05) is 18.7 Å². The topological polar surface area (TPSA) is 41.9 Å². The van der Waals surface area contributed by atoms with Gasteiger partial charge < -0.3 is 4.90 Å². The van der Waals surface area contributed by atoms with E-state index in [2.05, 4.69) is 27.2 Å². The Morgan fingerprint density at radius 2 is 2.50 bits per heavy atom. The lowest BCUT2D eigenvalue weighted by Crippen LogP contribution is -2.27. The highest BCUT2D eigenvalue weighted by Crippen LogP contribution is 2.21. The van der Waals surface area contributed by atoms with Crippen LogP contribution in [0.15, 0.2) is 12.3 Å². The van der Waals surface area contributed by atoms with Crippen molar-refractivity contribution in [1.29, 1.82) is 0 Å². The van der Waals surface area contributed by atoms with E-state index in [4.69, 9.17) is 0 Å². The van der Waals surface area contributed by atoms with Gasteiger partial charge in [0.25, 0.3) is 0 Å². The molecule has 12 heavy (non-hydrogen) atoms. The third-order valence-electron chi connectivity index (χ3n) is 2.34. The van der Waals surface area contributed by atoms with E-state index in [9.17, 15) is 0 Å². The van der Waals surface area contributed by atoms with E-state index in [0.29, 0.717) is 6.04 Å². The number of hydrogen-bond donors (Lipinski definition) is 0. The summed E-state index contributed by atoms with van der Waals surface area (Å²) in [6.45, 7) is 3.31. The van der Waals surface area contributed by atoms with Gasteiger partial charge in [-0.3, -0.25) is 0 Å². The standard InChI is InChI=1S/C8H12N4/c1-7-3-2-6-12(7)8-4-5-9-11-10-8/h4-5,7H,2-3,6H2,1H3. The van der Waals surface area contributed by atoms with Crippen LogP contribution in [0.2, 0.25) is 0 Å². The SMILES string of the molecule is CC1CCCN1c1ccnnn1. The van der Waals surface area contributed by atoms with E-state index in [0.717, 1.165) is 12.4 Å². The predicted molar refractivity (Wildman–Crippen MR) is 45.9 cm³/mol. The van der Waals surface area contributed by atoms with Crippen LogP contribution in [-0.2, 0) is 0 Å². The summed E-state index contributed by atoms with van der Waals surface area (Å²) in [4.78, 5) is 2.27. The summed E-state index contributed by atoms with van der Waals surface area (Å²) in [6, 6.07) is 2.51. The summed E-state index contributed by atoms with van der Waals surface area (Å²) < 4.78 is 0. The van der Waals surface area contributed by atoms with Crippen LogP contribution in [-0.4, -0.2) is 28.0 Å². The minimum atomic E-state index is 0.599. The molecule has 0 N–H and O–H groups in total. The Morgan fingerprint density at radius 1 is 1.58 bits per heavy atom. The maximum absolute atomic E-state index is 3.98. The molecule has 4 heteroatoms. The van der Waals surface area contributed by atoms with Crippen molar-refractivity contribution in [2.45, 2.75) is 25.8 Å². The zero-order valence-corrected chi connectivity index (χ0v) is 7.14. The summed E-state index contributed by atoms with van der Waals surface area (Å²) in [5.74, 6) is 0.954. The molecule has 1 saturated heterocycles. The summed E-state index contributed by atoms with van der Waals surface area (Å²) in [5, 5.41) is 11.3. The second kappa shape index (κ2) is 3.05. The molecule has 0 aliphatic carbocycles. The summed E-state index contributed by atoms with van der Waals surface area (Å²) in [7, 11) is 0. The first-order valence-corrected chi connectivity index (χ1v) is 4.29. The van der Waals surface area contributed by atoms with Gasteiger partial charge in [0.1, 0.15) is 0 Å². The van der Waals surface area contributed by atoms with Crippen molar-refractivity contribution in [2.24, 2.45) is 0 Å². The lowest BCUT2D eigenvalue weighted by Gasteiger charge is -2.20. The average Bonchev–Trinajstić information content (AvgIpc) is 2.53. The molecular weight excluding hydrogens is 152 g/mol. The van der Waals surface area contributed by atoms with E-state index in [1.807, 2.05) is 6.07 Å². The summed E-state index contributed by atoms with van der Waals surface area (Å²) >= 11 is 0. The van der Waals surface area contributed by atoms with Gasteiger partial charge in [-0.2, -0.15) is 0 Å². The van der Waals surface area contributed by atoms with Crippen LogP contribution in [0.3, 0.4) is 0 Å². The van der Waals surface area contributed by atoms with Crippen LogP contribution in [0, 0.1) is 0 Å². The Morgan fingerprint density at radius 3 is 3.08 bits per heavy atom. The third-order valence-corrected chi connectivity index (χ3v) is 2.34. The first-order valence-electron chi connectivity index (χ1n) is 4.29. The molecule has 0 spiro atoms. The fraction of sp³-hybridized carbons (Fsp3) is 0.625. The number of hydrogen-bond acceptors (Lipinski definition) is 4. The first-order chi connectivity index (χ1) is 5.88. The van der Waals surface area contributed by atoms with Crippen molar-refractivity contribution in [3.05, 3.63) is 12.3 Å². The van der Waals surface area contributed by atoms with E-state index < -0.39 is 0 Å². The fourth-order valence-corrected chi connectivity index (χ4v) is 1.66. The zero-order chi connectivity index (χ0) is 8.39. The molecule has 0 radical (unpaired) electrons. The highest BCUT2D eigenvalue weighted by molar-refractivity contribution is 5.38. The molecule has 0 aromatic carbocycles. The number of aromatic nitrogens is 3. The smallest absolute Gasteiger partial charge is 0.154 e. The molecule has 0 bridgehead atoms. The minimum absolute atomic E-state index is 0.599. The Bertz CT molecular complexity index is 248. The Balaban J connectivity index is 2.19. The van der Waals surface area contributed by atoms with Gasteiger partial charge in [-0.1, -0.05) is 0 Å². The number of anilines is 1. The van der Waals surface area contributed by atoms with Crippen LogP contribution in [0.25, 0.3) is 0 Å². The van der Waals surface area contributed by atoms with Crippen molar-refractivity contribution in [3.8, 4) is 0 Å². The molecular formula is C8H12N4. The predicted octanol–water partition coefficient (Wildman–Crippen LogP) is 0.860. The quantitative estimate of drug-likeness (QED) is 0.617. The van der Waals surface area contributed by atoms with Gasteiger partial charge in [0.2, 0.25) is 0 Å². The number of rotatable bonds is 1. The van der Waals surface area contributed by atoms with E-state index in [1.54, 1.807) is 6.20 Å². The van der Waals surface area contributed by atoms with E-state index in [1.165, 1.54) is 12.8 Å². The molecule has 2 rings (SSSR count). The number of nitrogens with zero attached hydrogens (tertiary/aromatic N) is 4. The molecule has 1 fully saturated rings. The van der Waals surface area contributed by atoms with Crippen molar-refractivity contribution in [3.63, 3.8) is 0 Å². The second-order valence-corrected chi connectivity index (χ2v) is 3.16. The minimum Gasteiger partial charge on any atom is -0.352 e. The van der Waals surface area contributed by atoms with Gasteiger partial charge in [0.05, 0.1) is 6.20 Å². The molecule has 1 atom stereocenters. The van der Waals surface area contributed by atoms with Gasteiger partial charge in [-0.05, 0) is 25.0 Å². The van der Waals surface area contributed by atoms with Crippen LogP contribution in [0.1, 0.15) is 19.8 Å². The molecule has 0 saturated carbocycles. The molecule has 4 nitrogen and oxygen atoms in total. The van der Waals surface area contributed by atoms with Gasteiger partial charge >= 0.3 is 0 Å². The van der Waals surface area contributed by atoms with Crippen molar-refractivity contribution < 1.29 is 0 Å². The largest absolute Gasteiger partial charge is 0.352 e. The summed E-state index contributed by atoms with van der Waals surface area (Å²) in [6.07, 6.45) is 4.20. The van der Waals surface area contributed by atoms with Crippen molar-refractivity contribution >= 4 is 5.82 Å². The van der Waals surface area contributed by atoms with Gasteiger partial charge in [-0.15, -0.1) is 10.2 Å². The maximum atomic E-state index is 3.98. The molecule has 1 aromatic rings.